The fourth-order valence-corrected chi connectivity index (χ4v) is 6.14. The molecule has 210 valence electrons. The van der Waals surface area contributed by atoms with Crippen LogP contribution >= 0.6 is 11.6 Å². The minimum absolute atomic E-state index is 0.00193. The number of nitrogens with zero attached hydrogens (tertiary/aromatic N) is 4. The number of halogens is 2. The third kappa shape index (κ3) is 4.49. The molecule has 2 aliphatic carbocycles. The Morgan fingerprint density at radius 3 is 2.61 bits per heavy atom. The van der Waals surface area contributed by atoms with Gasteiger partial charge in [-0.15, -0.1) is 0 Å². The highest BCUT2D eigenvalue weighted by atomic mass is 35.5. The van der Waals surface area contributed by atoms with Gasteiger partial charge >= 0.3 is 5.97 Å². The van der Waals surface area contributed by atoms with Gasteiger partial charge in [0.25, 0.3) is 5.91 Å². The number of aromatic nitrogens is 2. The van der Waals surface area contributed by atoms with Gasteiger partial charge < -0.3 is 14.7 Å². The van der Waals surface area contributed by atoms with Gasteiger partial charge in [-0.3, -0.25) is 9.59 Å². The van der Waals surface area contributed by atoms with Gasteiger partial charge in [-0.25, -0.2) is 9.18 Å². The van der Waals surface area contributed by atoms with E-state index in [1.54, 1.807) is 30.2 Å². The lowest BCUT2D eigenvalue weighted by molar-refractivity contribution is -0.147. The Morgan fingerprint density at radius 2 is 1.98 bits per heavy atom. The molecular formula is C30H26ClFN4O5. The number of methoxy groups -OCH3 is 1. The highest BCUT2D eigenvalue weighted by Crippen LogP contribution is 2.50. The van der Waals surface area contributed by atoms with E-state index in [1.807, 2.05) is 0 Å². The third-order valence-corrected chi connectivity index (χ3v) is 8.80. The fraction of sp³-hybridized carbons (Fsp3) is 0.367. The van der Waals surface area contributed by atoms with Crippen LogP contribution in [0.25, 0.3) is 11.3 Å². The molecule has 1 aliphatic heterocycles. The van der Waals surface area contributed by atoms with E-state index in [9.17, 15) is 24.8 Å². The largest absolute Gasteiger partial charge is 0.478 e. The fourth-order valence-electron chi connectivity index (χ4n) is 5.88. The van der Waals surface area contributed by atoms with Crippen molar-refractivity contribution in [2.24, 2.45) is 5.92 Å². The Balaban J connectivity index is 1.45. The van der Waals surface area contributed by atoms with Crippen LogP contribution in [0.5, 0.6) is 0 Å². The maximum Gasteiger partial charge on any atom is 0.335 e. The molecule has 9 nitrogen and oxygen atoms in total. The van der Waals surface area contributed by atoms with Gasteiger partial charge in [0.2, 0.25) is 5.91 Å². The van der Waals surface area contributed by atoms with Crippen molar-refractivity contribution in [2.45, 2.75) is 43.6 Å². The third-order valence-electron chi connectivity index (χ3n) is 8.49. The van der Waals surface area contributed by atoms with Crippen LogP contribution in [0.3, 0.4) is 0 Å². The van der Waals surface area contributed by atoms with E-state index in [0.717, 1.165) is 6.07 Å². The first-order chi connectivity index (χ1) is 19.7. The maximum absolute atomic E-state index is 15.2. The average molecular weight is 577 g/mol. The molecule has 0 bridgehead atoms. The Morgan fingerprint density at radius 1 is 1.22 bits per heavy atom. The number of carbonyl (C=O) groups excluding carboxylic acids is 2. The molecule has 1 saturated heterocycles. The summed E-state index contributed by atoms with van der Waals surface area (Å²) in [7, 11) is 1.61. The van der Waals surface area contributed by atoms with Crippen LogP contribution in [0.15, 0.2) is 36.4 Å². The van der Waals surface area contributed by atoms with E-state index < -0.39 is 29.0 Å². The number of likely N-dealkylation sites (tertiary alicyclic amines) is 1. The SMILES string of the molecule is COC1CN(C(=O)C2CCc3c(-c4ccc(C(=O)O)cc4F)nn(C(=O)c4c(Cl)cccc4C4(C#N)CC4)c3C2)C1. The normalized spacial score (nSPS) is 19.2. The summed E-state index contributed by atoms with van der Waals surface area (Å²) in [6, 6.07) is 10.9. The number of hydrogen-bond acceptors (Lipinski definition) is 6. The Kier molecular flexibility index (Phi) is 6.67. The second-order valence-electron chi connectivity index (χ2n) is 10.9. The zero-order valence-corrected chi connectivity index (χ0v) is 22.9. The number of benzene rings is 2. The molecule has 3 aliphatic rings. The van der Waals surface area contributed by atoms with Crippen molar-refractivity contribution < 1.29 is 28.6 Å². The first-order valence-electron chi connectivity index (χ1n) is 13.4. The van der Waals surface area contributed by atoms with Crippen molar-refractivity contribution in [2.75, 3.05) is 20.2 Å². The zero-order valence-electron chi connectivity index (χ0n) is 22.2. The first-order valence-corrected chi connectivity index (χ1v) is 13.8. The highest BCUT2D eigenvalue weighted by Gasteiger charge is 2.48. The van der Waals surface area contributed by atoms with Crippen molar-refractivity contribution in [3.8, 4) is 17.3 Å². The molecule has 0 spiro atoms. The quantitative estimate of drug-likeness (QED) is 0.465. The molecule has 6 rings (SSSR count). The molecule has 2 heterocycles. The molecule has 1 N–H and O–H groups in total. The van der Waals surface area contributed by atoms with E-state index in [-0.39, 0.29) is 45.8 Å². The van der Waals surface area contributed by atoms with Crippen LogP contribution in [0, 0.1) is 23.1 Å². The van der Waals surface area contributed by atoms with Crippen molar-refractivity contribution in [1.29, 1.82) is 5.26 Å². The molecule has 1 atom stereocenters. The standard InChI is InChI=1S/C30H26ClFN4O5/c1-41-18-13-35(14-18)27(37)16-5-8-20-24(12-16)36(34-26(20)19-7-6-17(29(39)40)11-23(19)32)28(38)25-21(3-2-4-22(25)31)30(15-33)9-10-30/h2-4,6-7,11,16,18H,5,8-10,12-14H2,1H3,(H,39,40). The molecule has 2 fully saturated rings. The number of rotatable bonds is 6. The number of nitriles is 1. The number of fused-ring (bicyclic) bond motifs is 1. The number of amides is 1. The van der Waals surface area contributed by atoms with Crippen molar-refractivity contribution >= 4 is 29.4 Å². The molecule has 1 amide bonds. The monoisotopic (exact) mass is 576 g/mol. The van der Waals surface area contributed by atoms with E-state index in [2.05, 4.69) is 11.2 Å². The molecule has 1 unspecified atom stereocenters. The number of aromatic carboxylic acids is 1. The smallest absolute Gasteiger partial charge is 0.335 e. The molecular weight excluding hydrogens is 551 g/mol. The summed E-state index contributed by atoms with van der Waals surface area (Å²) in [5.74, 6) is -3.06. The first kappa shape index (κ1) is 27.1. The maximum atomic E-state index is 15.2. The topological polar surface area (TPSA) is 126 Å². The van der Waals surface area contributed by atoms with Crippen molar-refractivity contribution in [3.05, 3.63) is 75.2 Å². The van der Waals surface area contributed by atoms with Gasteiger partial charge in [0.05, 0.1) is 45.1 Å². The lowest BCUT2D eigenvalue weighted by Gasteiger charge is -2.40. The molecule has 11 heteroatoms. The number of carboxylic acid groups (broad SMARTS) is 1. The van der Waals surface area contributed by atoms with Gasteiger partial charge in [0, 0.05) is 43.7 Å². The van der Waals surface area contributed by atoms with Crippen LogP contribution in [0.2, 0.25) is 5.02 Å². The lowest BCUT2D eigenvalue weighted by atomic mass is 9.84. The van der Waals surface area contributed by atoms with Crippen molar-refractivity contribution in [1.82, 2.24) is 14.7 Å². The van der Waals surface area contributed by atoms with Crippen LogP contribution in [0.1, 0.15) is 56.8 Å². The van der Waals surface area contributed by atoms with Crippen LogP contribution in [0.4, 0.5) is 4.39 Å². The number of carboxylic acids is 1. The number of ether oxygens (including phenoxy) is 1. The second-order valence-corrected chi connectivity index (χ2v) is 11.3. The van der Waals surface area contributed by atoms with Crippen molar-refractivity contribution in [3.63, 3.8) is 0 Å². The molecule has 1 saturated carbocycles. The molecule has 0 radical (unpaired) electrons. The van der Waals surface area contributed by atoms with Crippen LogP contribution in [-0.4, -0.2) is 63.9 Å². The van der Waals surface area contributed by atoms with E-state index in [0.29, 0.717) is 55.6 Å². The van der Waals surface area contributed by atoms with Crippen LogP contribution in [-0.2, 0) is 27.8 Å². The summed E-state index contributed by atoms with van der Waals surface area (Å²) >= 11 is 6.56. The minimum atomic E-state index is -1.26. The molecule has 41 heavy (non-hydrogen) atoms. The molecule has 1 aromatic heterocycles. The van der Waals surface area contributed by atoms with Crippen LogP contribution < -0.4 is 0 Å². The van der Waals surface area contributed by atoms with Gasteiger partial charge in [0.15, 0.2) is 0 Å². The van der Waals surface area contributed by atoms with Gasteiger partial charge in [0.1, 0.15) is 5.82 Å². The summed E-state index contributed by atoms with van der Waals surface area (Å²) in [6.07, 6.45) is 2.26. The summed E-state index contributed by atoms with van der Waals surface area (Å²) < 4.78 is 21.7. The lowest BCUT2D eigenvalue weighted by Crippen LogP contribution is -2.56. The number of hydrogen-bond donors (Lipinski definition) is 1. The Labute approximate surface area is 240 Å². The van der Waals surface area contributed by atoms with E-state index in [4.69, 9.17) is 16.3 Å². The molecule has 3 aromatic rings. The van der Waals surface area contributed by atoms with Gasteiger partial charge in [-0.2, -0.15) is 15.0 Å². The minimum Gasteiger partial charge on any atom is -0.478 e. The molecule has 2 aromatic carbocycles. The highest BCUT2D eigenvalue weighted by molar-refractivity contribution is 6.34. The summed E-state index contributed by atoms with van der Waals surface area (Å²) in [4.78, 5) is 40.6. The summed E-state index contributed by atoms with van der Waals surface area (Å²) in [5.41, 5.74) is 1.04. The number of carbonyl (C=O) groups is 3. The van der Waals surface area contributed by atoms with E-state index >= 15 is 4.39 Å². The van der Waals surface area contributed by atoms with E-state index in [1.165, 1.54) is 16.8 Å². The Hall–Kier alpha value is -4.07. The second kappa shape index (κ2) is 10.1. The summed E-state index contributed by atoms with van der Waals surface area (Å²) in [6.45, 7) is 1.00. The predicted octanol–water partition coefficient (Wildman–Crippen LogP) is 4.25. The zero-order chi connectivity index (χ0) is 29.1. The Bertz CT molecular complexity index is 1650. The summed E-state index contributed by atoms with van der Waals surface area (Å²) in [5, 5.41) is 23.9. The van der Waals surface area contributed by atoms with Gasteiger partial charge in [-0.1, -0.05) is 23.7 Å². The average Bonchev–Trinajstić information content (AvgIpc) is 3.65. The predicted molar refractivity (Wildman–Crippen MR) is 145 cm³/mol. The van der Waals surface area contributed by atoms with Gasteiger partial charge in [-0.05, 0) is 55.5 Å².